The summed E-state index contributed by atoms with van der Waals surface area (Å²) in [7, 11) is -3.72. The molecule has 0 amide bonds. The maximum absolute atomic E-state index is 13.1. The van der Waals surface area contributed by atoms with Gasteiger partial charge in [-0.1, -0.05) is 5.16 Å². The molecule has 4 rings (SSSR count). The average molecular weight is 387 g/mol. The van der Waals surface area contributed by atoms with Gasteiger partial charge >= 0.3 is 0 Å². The lowest BCUT2D eigenvalue weighted by Gasteiger charge is -2.23. The van der Waals surface area contributed by atoms with Gasteiger partial charge in [-0.2, -0.15) is 0 Å². The van der Waals surface area contributed by atoms with E-state index in [1.165, 1.54) is 18.2 Å². The molecule has 0 saturated carbocycles. The maximum Gasteiger partial charge on any atom is 0.238 e. The third-order valence-corrected chi connectivity index (χ3v) is 5.67. The van der Waals surface area contributed by atoms with Crippen molar-refractivity contribution in [3.8, 4) is 11.3 Å². The Hall–Kier alpha value is -2.71. The number of sulfonamides is 1. The Bertz CT molecular complexity index is 1090. The molecule has 140 valence electrons. The van der Waals surface area contributed by atoms with Crippen molar-refractivity contribution in [2.24, 2.45) is 5.14 Å². The molecule has 27 heavy (non-hydrogen) atoms. The fraction of sp³-hybridized carbons (Fsp3) is 0.211. The predicted molar refractivity (Wildman–Crippen MR) is 99.1 cm³/mol. The number of nitrogens with two attached hydrogens (primary N) is 1. The Balaban J connectivity index is 1.58. The number of fused-ring (bicyclic) bond motifs is 1. The molecule has 0 bridgehead atoms. The Labute approximate surface area is 156 Å². The summed E-state index contributed by atoms with van der Waals surface area (Å²) in [6.45, 7) is 2.56. The summed E-state index contributed by atoms with van der Waals surface area (Å²) >= 11 is 0. The van der Waals surface area contributed by atoms with Gasteiger partial charge in [0.05, 0.1) is 11.4 Å². The van der Waals surface area contributed by atoms with Gasteiger partial charge in [0.2, 0.25) is 10.0 Å². The minimum atomic E-state index is -3.72. The fourth-order valence-corrected chi connectivity index (χ4v) is 3.97. The first kappa shape index (κ1) is 17.7. The van der Waals surface area contributed by atoms with Gasteiger partial charge in [-0.25, -0.2) is 17.9 Å². The zero-order chi connectivity index (χ0) is 19.2. The zero-order valence-electron chi connectivity index (χ0n) is 14.6. The molecule has 6 nitrogen and oxygen atoms in total. The highest BCUT2D eigenvalue weighted by Gasteiger charge is 2.28. The number of hydrogen-bond donors (Lipinski definition) is 1. The van der Waals surface area contributed by atoms with E-state index in [1.54, 1.807) is 24.3 Å². The summed E-state index contributed by atoms with van der Waals surface area (Å²) < 4.78 is 41.6. The van der Waals surface area contributed by atoms with Crippen molar-refractivity contribution in [3.05, 3.63) is 65.7 Å². The van der Waals surface area contributed by atoms with Gasteiger partial charge in [0.1, 0.15) is 11.5 Å². The number of primary sulfonamides is 1. The summed E-state index contributed by atoms with van der Waals surface area (Å²) in [6, 6.07) is 13.0. The minimum Gasteiger partial charge on any atom is -0.361 e. The normalized spacial score (nSPS) is 16.6. The topological polar surface area (TPSA) is 89.4 Å². The van der Waals surface area contributed by atoms with Crippen LogP contribution in [-0.2, 0) is 23.0 Å². The van der Waals surface area contributed by atoms with Crippen molar-refractivity contribution in [3.63, 3.8) is 0 Å². The molecule has 2 aromatic carbocycles. The summed E-state index contributed by atoms with van der Waals surface area (Å²) in [5, 5.41) is 9.29. The Kier molecular flexibility index (Phi) is 4.24. The van der Waals surface area contributed by atoms with Crippen molar-refractivity contribution >= 4 is 15.7 Å². The molecular formula is C19H18FN3O3S. The number of aromatic nitrogens is 1. The third kappa shape index (κ3) is 3.45. The van der Waals surface area contributed by atoms with Gasteiger partial charge in [-0.15, -0.1) is 0 Å². The van der Waals surface area contributed by atoms with Crippen LogP contribution in [0.25, 0.3) is 11.3 Å². The van der Waals surface area contributed by atoms with E-state index < -0.39 is 10.0 Å². The number of halogens is 1. The SMILES string of the molecule is CC1Cc2cc(S(N)(=O)=O)ccc2N1Cc1cc(-c2ccc(F)cc2)no1. The first-order valence-corrected chi connectivity index (χ1v) is 10.00. The minimum absolute atomic E-state index is 0.119. The molecule has 1 atom stereocenters. The van der Waals surface area contributed by atoms with E-state index >= 15 is 0 Å². The van der Waals surface area contributed by atoms with Crippen molar-refractivity contribution in [2.75, 3.05) is 4.90 Å². The summed E-state index contributed by atoms with van der Waals surface area (Å²) in [6.07, 6.45) is 0.720. The second-order valence-corrected chi connectivity index (χ2v) is 8.26. The first-order valence-electron chi connectivity index (χ1n) is 8.45. The highest BCUT2D eigenvalue weighted by Crippen LogP contribution is 2.35. The molecule has 0 spiro atoms. The molecule has 0 aliphatic carbocycles. The fourth-order valence-electron chi connectivity index (χ4n) is 3.40. The second kappa shape index (κ2) is 6.47. The van der Waals surface area contributed by atoms with E-state index in [4.69, 9.17) is 9.66 Å². The molecule has 1 aromatic heterocycles. The van der Waals surface area contributed by atoms with Crippen LogP contribution < -0.4 is 10.0 Å². The highest BCUT2D eigenvalue weighted by molar-refractivity contribution is 7.89. The number of anilines is 1. The van der Waals surface area contributed by atoms with Gasteiger partial charge < -0.3 is 9.42 Å². The second-order valence-electron chi connectivity index (χ2n) is 6.70. The van der Waals surface area contributed by atoms with E-state index in [1.807, 2.05) is 6.07 Å². The van der Waals surface area contributed by atoms with E-state index in [0.717, 1.165) is 23.2 Å². The highest BCUT2D eigenvalue weighted by atomic mass is 32.2. The van der Waals surface area contributed by atoms with Crippen LogP contribution in [0.2, 0.25) is 0 Å². The molecular weight excluding hydrogens is 369 g/mol. The van der Waals surface area contributed by atoms with E-state index in [2.05, 4.69) is 17.0 Å². The summed E-state index contributed by atoms with van der Waals surface area (Å²) in [4.78, 5) is 2.26. The smallest absolute Gasteiger partial charge is 0.238 e. The molecule has 2 heterocycles. The zero-order valence-corrected chi connectivity index (χ0v) is 15.4. The molecule has 0 radical (unpaired) electrons. The monoisotopic (exact) mass is 387 g/mol. The van der Waals surface area contributed by atoms with Gasteiger partial charge in [-0.05, 0) is 61.4 Å². The Morgan fingerprint density at radius 3 is 2.67 bits per heavy atom. The predicted octanol–water partition coefficient (Wildman–Crippen LogP) is 3.08. The maximum atomic E-state index is 13.1. The van der Waals surface area contributed by atoms with E-state index in [9.17, 15) is 12.8 Å². The van der Waals surface area contributed by atoms with Crippen LogP contribution in [0.4, 0.5) is 10.1 Å². The molecule has 1 unspecified atom stereocenters. The van der Waals surface area contributed by atoms with Crippen LogP contribution in [0.15, 0.2) is 57.9 Å². The van der Waals surface area contributed by atoms with Gasteiger partial charge in [-0.3, -0.25) is 0 Å². The van der Waals surface area contributed by atoms with Crippen LogP contribution in [0.1, 0.15) is 18.2 Å². The van der Waals surface area contributed by atoms with E-state index in [-0.39, 0.29) is 16.8 Å². The van der Waals surface area contributed by atoms with Gasteiger partial charge in [0.15, 0.2) is 5.76 Å². The van der Waals surface area contributed by atoms with Crippen molar-refractivity contribution in [2.45, 2.75) is 30.8 Å². The average Bonchev–Trinajstić information content (AvgIpc) is 3.20. The largest absolute Gasteiger partial charge is 0.361 e. The number of benzene rings is 2. The quantitative estimate of drug-likeness (QED) is 0.743. The Morgan fingerprint density at radius 2 is 1.96 bits per heavy atom. The third-order valence-electron chi connectivity index (χ3n) is 4.76. The molecule has 1 aliphatic heterocycles. The number of nitrogens with zero attached hydrogens (tertiary/aromatic N) is 2. The van der Waals surface area contributed by atoms with Crippen LogP contribution in [0.3, 0.4) is 0 Å². The molecule has 3 aromatic rings. The van der Waals surface area contributed by atoms with Crippen molar-refractivity contribution in [1.82, 2.24) is 5.16 Å². The number of rotatable bonds is 4. The molecule has 0 saturated heterocycles. The lowest BCUT2D eigenvalue weighted by Crippen LogP contribution is -2.28. The van der Waals surface area contributed by atoms with Gasteiger partial charge in [0, 0.05) is 23.4 Å². The summed E-state index contributed by atoms with van der Waals surface area (Å²) in [5.41, 5.74) is 3.31. The van der Waals surface area contributed by atoms with Gasteiger partial charge in [0.25, 0.3) is 0 Å². The molecule has 0 fully saturated rings. The lowest BCUT2D eigenvalue weighted by atomic mass is 10.1. The number of hydrogen-bond acceptors (Lipinski definition) is 5. The first-order chi connectivity index (χ1) is 12.8. The molecule has 1 aliphatic rings. The standard InChI is InChI=1S/C19H18FN3O3S/c1-12-8-14-9-17(27(21,24)25)6-7-19(14)23(12)11-16-10-18(22-26-16)13-2-4-15(20)5-3-13/h2-7,9-10,12H,8,11H2,1H3,(H2,21,24,25). The van der Waals surface area contributed by atoms with Crippen LogP contribution in [-0.4, -0.2) is 19.6 Å². The van der Waals surface area contributed by atoms with E-state index in [0.29, 0.717) is 18.0 Å². The van der Waals surface area contributed by atoms with Crippen molar-refractivity contribution in [1.29, 1.82) is 0 Å². The van der Waals surface area contributed by atoms with Crippen LogP contribution >= 0.6 is 0 Å². The van der Waals surface area contributed by atoms with Crippen LogP contribution in [0.5, 0.6) is 0 Å². The lowest BCUT2D eigenvalue weighted by molar-refractivity contribution is 0.380. The van der Waals surface area contributed by atoms with Crippen LogP contribution in [0, 0.1) is 5.82 Å². The molecule has 2 N–H and O–H groups in total. The summed E-state index contributed by atoms with van der Waals surface area (Å²) in [5.74, 6) is 0.369. The molecule has 8 heteroatoms. The van der Waals surface area contributed by atoms with Crippen molar-refractivity contribution < 1.29 is 17.3 Å². The Morgan fingerprint density at radius 1 is 1.22 bits per heavy atom.